The van der Waals surface area contributed by atoms with E-state index in [0.29, 0.717) is 6.54 Å². The van der Waals surface area contributed by atoms with Crippen molar-refractivity contribution in [2.24, 2.45) is 0 Å². The van der Waals surface area contributed by atoms with E-state index in [9.17, 15) is 9.59 Å². The van der Waals surface area contributed by atoms with Gasteiger partial charge in [-0.2, -0.15) is 0 Å². The van der Waals surface area contributed by atoms with Crippen LogP contribution in [0.4, 0.5) is 10.5 Å². The van der Waals surface area contributed by atoms with E-state index in [1.165, 1.54) is 11.1 Å². The van der Waals surface area contributed by atoms with Gasteiger partial charge < -0.3 is 15.7 Å². The fourth-order valence-corrected chi connectivity index (χ4v) is 3.20. The molecule has 0 unspecified atom stereocenters. The SMILES string of the molecule is CCc1ccc(NC(=O)NC2CC(N(CC)CC(=O)O)C2)cc1C. The van der Waals surface area contributed by atoms with E-state index in [0.717, 1.165) is 24.9 Å². The first-order valence-corrected chi connectivity index (χ1v) is 8.55. The number of likely N-dealkylation sites (N-methyl/N-ethyl adjacent to an activating group) is 1. The molecule has 0 saturated heterocycles. The summed E-state index contributed by atoms with van der Waals surface area (Å²) in [5, 5.41) is 14.7. The van der Waals surface area contributed by atoms with E-state index in [4.69, 9.17) is 5.11 Å². The van der Waals surface area contributed by atoms with Crippen LogP contribution in [0, 0.1) is 6.92 Å². The van der Waals surface area contributed by atoms with Crippen LogP contribution in [-0.2, 0) is 11.2 Å². The number of hydrogen-bond acceptors (Lipinski definition) is 3. The van der Waals surface area contributed by atoms with Gasteiger partial charge in [0.15, 0.2) is 0 Å². The molecule has 6 nitrogen and oxygen atoms in total. The zero-order valence-electron chi connectivity index (χ0n) is 14.6. The van der Waals surface area contributed by atoms with Crippen LogP contribution in [0.15, 0.2) is 18.2 Å². The van der Waals surface area contributed by atoms with Gasteiger partial charge >= 0.3 is 12.0 Å². The van der Waals surface area contributed by atoms with Crippen molar-refractivity contribution in [1.29, 1.82) is 0 Å². The van der Waals surface area contributed by atoms with Crippen molar-refractivity contribution in [2.75, 3.05) is 18.4 Å². The van der Waals surface area contributed by atoms with Crippen molar-refractivity contribution in [2.45, 2.75) is 52.1 Å². The molecule has 0 atom stereocenters. The highest BCUT2D eigenvalue weighted by molar-refractivity contribution is 5.89. The van der Waals surface area contributed by atoms with Crippen molar-refractivity contribution in [3.8, 4) is 0 Å². The summed E-state index contributed by atoms with van der Waals surface area (Å²) >= 11 is 0. The number of anilines is 1. The minimum atomic E-state index is -0.808. The summed E-state index contributed by atoms with van der Waals surface area (Å²) in [7, 11) is 0. The van der Waals surface area contributed by atoms with E-state index in [1.54, 1.807) is 0 Å². The Kier molecular flexibility index (Phi) is 6.20. The molecule has 0 aromatic heterocycles. The highest BCUT2D eigenvalue weighted by Gasteiger charge is 2.34. The minimum Gasteiger partial charge on any atom is -0.480 e. The van der Waals surface area contributed by atoms with Gasteiger partial charge in [-0.05, 0) is 56.0 Å². The van der Waals surface area contributed by atoms with Crippen molar-refractivity contribution in [3.63, 3.8) is 0 Å². The summed E-state index contributed by atoms with van der Waals surface area (Å²) < 4.78 is 0. The van der Waals surface area contributed by atoms with Crippen LogP contribution in [-0.4, -0.2) is 47.2 Å². The Morgan fingerprint density at radius 2 is 2.00 bits per heavy atom. The lowest BCUT2D eigenvalue weighted by atomic mass is 9.85. The van der Waals surface area contributed by atoms with Crippen LogP contribution in [0.3, 0.4) is 0 Å². The Labute approximate surface area is 143 Å². The standard InChI is InChI=1S/C18H27N3O3/c1-4-13-6-7-14(8-12(13)3)19-18(24)20-15-9-16(10-15)21(5-2)11-17(22)23/h6-8,15-16H,4-5,9-11H2,1-3H3,(H,22,23)(H2,19,20,24). The normalized spacial score (nSPS) is 19.7. The molecule has 1 saturated carbocycles. The summed E-state index contributed by atoms with van der Waals surface area (Å²) in [5.74, 6) is -0.808. The largest absolute Gasteiger partial charge is 0.480 e. The maximum Gasteiger partial charge on any atom is 0.319 e. The summed E-state index contributed by atoms with van der Waals surface area (Å²) in [5.41, 5.74) is 3.24. The third kappa shape index (κ3) is 4.71. The number of benzene rings is 1. The first-order valence-electron chi connectivity index (χ1n) is 8.55. The monoisotopic (exact) mass is 333 g/mol. The number of amides is 2. The Hall–Kier alpha value is -2.08. The molecule has 2 amide bonds. The molecule has 0 heterocycles. The molecule has 132 valence electrons. The van der Waals surface area contributed by atoms with E-state index in [1.807, 2.05) is 36.9 Å². The van der Waals surface area contributed by atoms with E-state index >= 15 is 0 Å². The minimum absolute atomic E-state index is 0.0587. The average Bonchev–Trinajstić information content (AvgIpc) is 2.48. The highest BCUT2D eigenvalue weighted by Crippen LogP contribution is 2.25. The summed E-state index contributed by atoms with van der Waals surface area (Å²) in [4.78, 5) is 24.8. The number of nitrogens with zero attached hydrogens (tertiary/aromatic N) is 1. The molecule has 24 heavy (non-hydrogen) atoms. The van der Waals surface area contributed by atoms with Crippen LogP contribution in [0.5, 0.6) is 0 Å². The molecule has 0 radical (unpaired) electrons. The van der Waals surface area contributed by atoms with E-state index in [2.05, 4.69) is 17.6 Å². The third-order valence-corrected chi connectivity index (χ3v) is 4.69. The molecule has 0 bridgehead atoms. The Morgan fingerprint density at radius 1 is 1.29 bits per heavy atom. The number of aliphatic carboxylic acids is 1. The molecule has 0 aliphatic heterocycles. The summed E-state index contributed by atoms with van der Waals surface area (Å²) in [6.45, 7) is 6.88. The molecule has 1 aliphatic rings. The average molecular weight is 333 g/mol. The lowest BCUT2D eigenvalue weighted by Gasteiger charge is -2.42. The number of carboxylic acids is 1. The van der Waals surface area contributed by atoms with Crippen LogP contribution in [0.1, 0.15) is 37.8 Å². The van der Waals surface area contributed by atoms with E-state index < -0.39 is 5.97 Å². The molecule has 1 aromatic carbocycles. The first-order chi connectivity index (χ1) is 11.4. The van der Waals surface area contributed by atoms with Crippen molar-refractivity contribution in [3.05, 3.63) is 29.3 Å². The molecule has 6 heteroatoms. The number of carbonyl (C=O) groups excluding carboxylic acids is 1. The number of nitrogens with one attached hydrogen (secondary N) is 2. The van der Waals surface area contributed by atoms with Crippen LogP contribution >= 0.6 is 0 Å². The van der Waals surface area contributed by atoms with Gasteiger partial charge in [-0.25, -0.2) is 4.79 Å². The van der Waals surface area contributed by atoms with Gasteiger partial charge in [0.25, 0.3) is 0 Å². The fraction of sp³-hybridized carbons (Fsp3) is 0.556. The third-order valence-electron chi connectivity index (χ3n) is 4.69. The molecule has 1 fully saturated rings. The molecule has 2 rings (SSSR count). The zero-order chi connectivity index (χ0) is 17.7. The predicted molar refractivity (Wildman–Crippen MR) is 94.4 cm³/mol. The van der Waals surface area contributed by atoms with Gasteiger partial charge in [0.1, 0.15) is 0 Å². The highest BCUT2D eigenvalue weighted by atomic mass is 16.4. The zero-order valence-corrected chi connectivity index (χ0v) is 14.6. The topological polar surface area (TPSA) is 81.7 Å². The Morgan fingerprint density at radius 3 is 2.54 bits per heavy atom. The quantitative estimate of drug-likeness (QED) is 0.716. The molecule has 0 spiro atoms. The first kappa shape index (κ1) is 18.3. The second kappa shape index (κ2) is 8.15. The number of aryl methyl sites for hydroxylation is 2. The second-order valence-corrected chi connectivity index (χ2v) is 6.37. The number of urea groups is 1. The van der Waals surface area contributed by atoms with Gasteiger partial charge in [-0.3, -0.25) is 9.69 Å². The maximum absolute atomic E-state index is 12.1. The van der Waals surface area contributed by atoms with Gasteiger partial charge in [0.05, 0.1) is 6.54 Å². The second-order valence-electron chi connectivity index (χ2n) is 6.37. The molecule has 3 N–H and O–H groups in total. The summed E-state index contributed by atoms with van der Waals surface area (Å²) in [6.07, 6.45) is 2.57. The van der Waals surface area contributed by atoms with Crippen molar-refractivity contribution >= 4 is 17.7 Å². The fourth-order valence-electron chi connectivity index (χ4n) is 3.20. The van der Waals surface area contributed by atoms with Crippen molar-refractivity contribution < 1.29 is 14.7 Å². The van der Waals surface area contributed by atoms with Crippen LogP contribution in [0.25, 0.3) is 0 Å². The van der Waals surface area contributed by atoms with Gasteiger partial charge in [0, 0.05) is 17.8 Å². The maximum atomic E-state index is 12.1. The van der Waals surface area contributed by atoms with E-state index in [-0.39, 0.29) is 24.7 Å². The van der Waals surface area contributed by atoms with Crippen LogP contribution in [0.2, 0.25) is 0 Å². The van der Waals surface area contributed by atoms with Gasteiger partial charge in [-0.1, -0.05) is 19.9 Å². The molecule has 1 aromatic rings. The van der Waals surface area contributed by atoms with Crippen LogP contribution < -0.4 is 10.6 Å². The lowest BCUT2D eigenvalue weighted by molar-refractivity contribution is -0.139. The molecular formula is C18H27N3O3. The summed E-state index contributed by atoms with van der Waals surface area (Å²) in [6, 6.07) is 6.07. The number of hydrogen-bond donors (Lipinski definition) is 3. The molecular weight excluding hydrogens is 306 g/mol. The number of rotatable bonds is 7. The Bertz CT molecular complexity index is 597. The smallest absolute Gasteiger partial charge is 0.319 e. The number of carbonyl (C=O) groups is 2. The molecule has 1 aliphatic carbocycles. The van der Waals surface area contributed by atoms with Gasteiger partial charge in [-0.15, -0.1) is 0 Å². The lowest BCUT2D eigenvalue weighted by Crippen LogP contribution is -2.55. The van der Waals surface area contributed by atoms with Gasteiger partial charge in [0.2, 0.25) is 0 Å². The Balaban J connectivity index is 1.78. The number of carboxylic acid groups (broad SMARTS) is 1. The van der Waals surface area contributed by atoms with Crippen molar-refractivity contribution in [1.82, 2.24) is 10.2 Å². The predicted octanol–water partition coefficient (Wildman–Crippen LogP) is 2.62.